The summed E-state index contributed by atoms with van der Waals surface area (Å²) in [6.45, 7) is 10.2. The molecule has 0 N–H and O–H groups in total. The van der Waals surface area contributed by atoms with Crippen LogP contribution >= 0.6 is 0 Å². The monoisotopic (exact) mass is 377 g/mol. The Morgan fingerprint density at radius 2 is 2.04 bits per heavy atom. The van der Waals surface area contributed by atoms with Crippen LogP contribution in [0.5, 0.6) is 0 Å². The van der Waals surface area contributed by atoms with E-state index in [0.717, 1.165) is 55.0 Å². The van der Waals surface area contributed by atoms with Gasteiger partial charge in [-0.05, 0) is 56.9 Å². The van der Waals surface area contributed by atoms with Gasteiger partial charge in [0.15, 0.2) is 5.82 Å². The highest BCUT2D eigenvalue weighted by Gasteiger charge is 2.31. The van der Waals surface area contributed by atoms with Crippen LogP contribution in [0, 0.1) is 18.3 Å². The summed E-state index contributed by atoms with van der Waals surface area (Å²) in [6, 6.07) is 6.74. The van der Waals surface area contributed by atoms with E-state index < -0.39 is 0 Å². The number of hydrogen-bond acceptors (Lipinski definition) is 4. The zero-order valence-electron chi connectivity index (χ0n) is 17.1. The van der Waals surface area contributed by atoms with Gasteiger partial charge in [0.2, 0.25) is 5.91 Å². The molecular formula is C22H27N5O. The maximum absolute atomic E-state index is 12.0. The zero-order chi connectivity index (χ0) is 20.0. The maximum Gasteiger partial charge on any atom is 0.219 e. The van der Waals surface area contributed by atoms with Crippen molar-refractivity contribution in [1.29, 1.82) is 5.26 Å². The molecule has 0 atom stereocenters. The van der Waals surface area contributed by atoms with E-state index in [1.165, 1.54) is 16.8 Å². The molecule has 3 heterocycles. The van der Waals surface area contributed by atoms with Gasteiger partial charge in [-0.3, -0.25) is 9.48 Å². The minimum Gasteiger partial charge on any atom is -0.338 e. The molecule has 1 aromatic heterocycles. The molecule has 1 amide bonds. The molecule has 0 unspecified atom stereocenters. The second kappa shape index (κ2) is 6.97. The van der Waals surface area contributed by atoms with E-state index in [1.54, 1.807) is 6.92 Å². The van der Waals surface area contributed by atoms with E-state index in [4.69, 9.17) is 5.10 Å². The Hall–Kier alpha value is -2.81. The highest BCUT2D eigenvalue weighted by atomic mass is 16.2. The van der Waals surface area contributed by atoms with E-state index in [1.807, 2.05) is 17.9 Å². The Morgan fingerprint density at radius 1 is 1.25 bits per heavy atom. The molecule has 0 fully saturated rings. The largest absolute Gasteiger partial charge is 0.338 e. The van der Waals surface area contributed by atoms with Crippen LogP contribution in [0.1, 0.15) is 61.2 Å². The van der Waals surface area contributed by atoms with Crippen molar-refractivity contribution in [3.8, 4) is 6.07 Å². The summed E-state index contributed by atoms with van der Waals surface area (Å²) >= 11 is 0. The second-order valence-electron chi connectivity index (χ2n) is 8.14. The van der Waals surface area contributed by atoms with Crippen LogP contribution in [-0.4, -0.2) is 33.7 Å². The molecule has 0 radical (unpaired) electrons. The van der Waals surface area contributed by atoms with Gasteiger partial charge < -0.3 is 9.80 Å². The molecule has 0 bridgehead atoms. The molecule has 6 heteroatoms. The van der Waals surface area contributed by atoms with Crippen molar-refractivity contribution < 1.29 is 4.79 Å². The molecule has 146 valence electrons. The average Bonchev–Trinajstić information content (AvgIpc) is 3.06. The predicted octanol–water partition coefficient (Wildman–Crippen LogP) is 3.63. The van der Waals surface area contributed by atoms with Gasteiger partial charge in [-0.25, -0.2) is 0 Å². The highest BCUT2D eigenvalue weighted by molar-refractivity contribution is 5.75. The van der Waals surface area contributed by atoms with Crippen LogP contribution < -0.4 is 4.90 Å². The highest BCUT2D eigenvalue weighted by Crippen LogP contribution is 2.39. The fourth-order valence-electron chi connectivity index (χ4n) is 4.42. The lowest BCUT2D eigenvalue weighted by atomic mass is 9.96. The van der Waals surface area contributed by atoms with Gasteiger partial charge in [0, 0.05) is 49.4 Å². The van der Waals surface area contributed by atoms with Crippen LogP contribution in [0.25, 0.3) is 0 Å². The summed E-state index contributed by atoms with van der Waals surface area (Å²) in [5.41, 5.74) is 6.53. The lowest BCUT2D eigenvalue weighted by Crippen LogP contribution is -2.35. The van der Waals surface area contributed by atoms with Crippen LogP contribution in [-0.2, 0) is 24.2 Å². The average molecular weight is 377 g/mol. The van der Waals surface area contributed by atoms with Crippen molar-refractivity contribution in [2.75, 3.05) is 18.0 Å². The van der Waals surface area contributed by atoms with Gasteiger partial charge in [-0.15, -0.1) is 0 Å². The number of hydrogen-bond donors (Lipinski definition) is 0. The summed E-state index contributed by atoms with van der Waals surface area (Å²) in [6.07, 6.45) is 2.85. The van der Waals surface area contributed by atoms with Crippen molar-refractivity contribution in [1.82, 2.24) is 14.7 Å². The molecule has 28 heavy (non-hydrogen) atoms. The molecule has 0 spiro atoms. The van der Waals surface area contributed by atoms with E-state index in [0.29, 0.717) is 6.54 Å². The number of amides is 1. The molecule has 2 aromatic rings. The van der Waals surface area contributed by atoms with Gasteiger partial charge >= 0.3 is 0 Å². The molecule has 6 nitrogen and oxygen atoms in total. The molecular weight excluding hydrogens is 350 g/mol. The van der Waals surface area contributed by atoms with Crippen molar-refractivity contribution >= 4 is 17.4 Å². The SMILES string of the molecule is CC(=O)N1CCc2c(c(N3CCCc4cc(C#N)c(C)cc43)nn2C(C)C)C1. The third-order valence-corrected chi connectivity index (χ3v) is 5.92. The van der Waals surface area contributed by atoms with Crippen LogP contribution in [0.4, 0.5) is 11.5 Å². The van der Waals surface area contributed by atoms with Crippen LogP contribution in [0.3, 0.4) is 0 Å². The first kappa shape index (κ1) is 18.5. The van der Waals surface area contributed by atoms with Crippen molar-refractivity contribution in [3.05, 3.63) is 40.1 Å². The predicted molar refractivity (Wildman–Crippen MR) is 109 cm³/mol. The first-order valence-electron chi connectivity index (χ1n) is 10.1. The first-order chi connectivity index (χ1) is 13.4. The summed E-state index contributed by atoms with van der Waals surface area (Å²) in [5.74, 6) is 1.09. The summed E-state index contributed by atoms with van der Waals surface area (Å²) in [4.78, 5) is 16.2. The normalized spacial score (nSPS) is 16.0. The molecule has 1 aromatic carbocycles. The number of carbonyl (C=O) groups is 1. The van der Waals surface area contributed by atoms with Gasteiger partial charge in [0.25, 0.3) is 0 Å². The van der Waals surface area contributed by atoms with Crippen molar-refractivity contribution in [2.45, 2.75) is 59.5 Å². The maximum atomic E-state index is 12.0. The lowest BCUT2D eigenvalue weighted by molar-refractivity contribution is -0.129. The summed E-state index contributed by atoms with van der Waals surface area (Å²) in [5, 5.41) is 14.4. The molecule has 4 rings (SSSR count). The molecule has 2 aliphatic rings. The Kier molecular flexibility index (Phi) is 4.62. The quantitative estimate of drug-likeness (QED) is 0.802. The number of rotatable bonds is 2. The Labute approximate surface area is 166 Å². The number of nitrogens with zero attached hydrogens (tertiary/aromatic N) is 5. The summed E-state index contributed by atoms with van der Waals surface area (Å²) < 4.78 is 2.13. The van der Waals surface area contributed by atoms with Crippen LogP contribution in [0.15, 0.2) is 12.1 Å². The Balaban J connectivity index is 1.84. The summed E-state index contributed by atoms with van der Waals surface area (Å²) in [7, 11) is 0. The van der Waals surface area contributed by atoms with E-state index in [9.17, 15) is 10.1 Å². The first-order valence-corrected chi connectivity index (χ1v) is 10.1. The van der Waals surface area contributed by atoms with Gasteiger partial charge in [0.05, 0.1) is 18.2 Å². The third kappa shape index (κ3) is 2.95. The van der Waals surface area contributed by atoms with E-state index in [-0.39, 0.29) is 11.9 Å². The fourth-order valence-corrected chi connectivity index (χ4v) is 4.42. The lowest BCUT2D eigenvalue weighted by Gasteiger charge is -2.33. The molecule has 0 aliphatic carbocycles. The molecule has 2 aliphatic heterocycles. The van der Waals surface area contributed by atoms with Gasteiger partial charge in [0.1, 0.15) is 0 Å². The Bertz CT molecular complexity index is 982. The molecule has 0 saturated carbocycles. The number of anilines is 2. The number of benzene rings is 1. The van der Waals surface area contributed by atoms with E-state index >= 15 is 0 Å². The van der Waals surface area contributed by atoms with E-state index in [2.05, 4.69) is 35.6 Å². The number of aryl methyl sites for hydroxylation is 2. The fraction of sp³-hybridized carbons (Fsp3) is 0.500. The Morgan fingerprint density at radius 3 is 2.71 bits per heavy atom. The third-order valence-electron chi connectivity index (χ3n) is 5.92. The smallest absolute Gasteiger partial charge is 0.219 e. The number of nitriles is 1. The van der Waals surface area contributed by atoms with Crippen LogP contribution in [0.2, 0.25) is 0 Å². The number of aromatic nitrogens is 2. The van der Waals surface area contributed by atoms with Gasteiger partial charge in [-0.2, -0.15) is 10.4 Å². The second-order valence-corrected chi connectivity index (χ2v) is 8.14. The minimum atomic E-state index is 0.113. The molecule has 0 saturated heterocycles. The van der Waals surface area contributed by atoms with Crippen molar-refractivity contribution in [2.24, 2.45) is 0 Å². The minimum absolute atomic E-state index is 0.113. The van der Waals surface area contributed by atoms with Gasteiger partial charge in [-0.1, -0.05) is 0 Å². The number of carbonyl (C=O) groups excluding carboxylic acids is 1. The number of fused-ring (bicyclic) bond motifs is 2. The zero-order valence-corrected chi connectivity index (χ0v) is 17.1. The standard InChI is InChI=1S/C22H27N5O/c1-14(2)27-20-7-9-25(16(4)28)13-19(20)22(24-27)26-8-5-6-17-11-18(12-23)15(3)10-21(17)26/h10-11,14H,5-9,13H2,1-4H3. The van der Waals surface area contributed by atoms with Crippen molar-refractivity contribution in [3.63, 3.8) is 0 Å². The topological polar surface area (TPSA) is 65.2 Å².